The molecule has 0 atom stereocenters. The van der Waals surface area contributed by atoms with Crippen molar-refractivity contribution in [3.05, 3.63) is 29.3 Å². The number of amides is 1. The maximum absolute atomic E-state index is 11.7. The Morgan fingerprint density at radius 2 is 1.82 bits per heavy atom. The van der Waals surface area contributed by atoms with Gasteiger partial charge in [0.2, 0.25) is 0 Å². The first-order chi connectivity index (χ1) is 7.97. The van der Waals surface area contributed by atoms with Crippen LogP contribution in [0.15, 0.2) is 18.2 Å². The van der Waals surface area contributed by atoms with Crippen LogP contribution in [0.3, 0.4) is 0 Å². The average molecular weight is 236 g/mol. The Balaban J connectivity index is 3.24. The minimum absolute atomic E-state index is 0.00176. The molecule has 0 radical (unpaired) electrons. The highest BCUT2D eigenvalue weighted by Crippen LogP contribution is 2.24. The molecule has 0 bridgehead atoms. The Bertz CT molecular complexity index is 482. The number of ketones is 2. The standard InChI is InChI=1S/C11H12N2O4/c1-6(14)5-9(15)7-3-2-4-8(11(12)16)10(7)17-13/h2-4H,5,13H2,1H3,(H2,12,16). The van der Waals surface area contributed by atoms with Crippen LogP contribution in [0.25, 0.3) is 0 Å². The summed E-state index contributed by atoms with van der Waals surface area (Å²) < 4.78 is 0. The van der Waals surface area contributed by atoms with Crippen molar-refractivity contribution in [2.75, 3.05) is 0 Å². The Labute approximate surface area is 97.5 Å². The highest BCUT2D eigenvalue weighted by molar-refractivity contribution is 6.10. The topological polar surface area (TPSA) is 112 Å². The van der Waals surface area contributed by atoms with Crippen molar-refractivity contribution in [3.63, 3.8) is 0 Å². The fraction of sp³-hybridized carbons (Fsp3) is 0.182. The second kappa shape index (κ2) is 5.22. The van der Waals surface area contributed by atoms with E-state index in [1.165, 1.54) is 25.1 Å². The molecule has 0 aromatic heterocycles. The van der Waals surface area contributed by atoms with Crippen molar-refractivity contribution in [3.8, 4) is 5.75 Å². The van der Waals surface area contributed by atoms with Crippen molar-refractivity contribution in [2.45, 2.75) is 13.3 Å². The van der Waals surface area contributed by atoms with Gasteiger partial charge in [0, 0.05) is 0 Å². The van der Waals surface area contributed by atoms with Crippen LogP contribution >= 0.6 is 0 Å². The van der Waals surface area contributed by atoms with E-state index in [1.54, 1.807) is 0 Å². The van der Waals surface area contributed by atoms with Crippen LogP contribution < -0.4 is 16.5 Å². The van der Waals surface area contributed by atoms with Crippen molar-refractivity contribution in [1.82, 2.24) is 0 Å². The maximum Gasteiger partial charge on any atom is 0.252 e. The summed E-state index contributed by atoms with van der Waals surface area (Å²) in [4.78, 5) is 38.2. The first-order valence-corrected chi connectivity index (χ1v) is 4.79. The van der Waals surface area contributed by atoms with Gasteiger partial charge >= 0.3 is 0 Å². The second-order valence-corrected chi connectivity index (χ2v) is 3.47. The number of carbonyl (C=O) groups is 3. The van der Waals surface area contributed by atoms with E-state index in [1.807, 2.05) is 0 Å². The van der Waals surface area contributed by atoms with Crippen LogP contribution in [0.2, 0.25) is 0 Å². The normalized spacial score (nSPS) is 9.76. The monoisotopic (exact) mass is 236 g/mol. The van der Waals surface area contributed by atoms with E-state index in [2.05, 4.69) is 4.84 Å². The molecule has 17 heavy (non-hydrogen) atoms. The minimum Gasteiger partial charge on any atom is -0.410 e. The predicted octanol–water partition coefficient (Wildman–Crippen LogP) is 0.200. The van der Waals surface area contributed by atoms with E-state index in [9.17, 15) is 14.4 Å². The van der Waals surface area contributed by atoms with E-state index in [0.29, 0.717) is 0 Å². The van der Waals surface area contributed by atoms with E-state index >= 15 is 0 Å². The van der Waals surface area contributed by atoms with Gasteiger partial charge in [0.05, 0.1) is 17.5 Å². The molecule has 4 N–H and O–H groups in total. The molecule has 6 nitrogen and oxygen atoms in total. The number of benzene rings is 1. The van der Waals surface area contributed by atoms with E-state index in [4.69, 9.17) is 11.6 Å². The molecular formula is C11H12N2O4. The molecule has 0 aliphatic carbocycles. The molecular weight excluding hydrogens is 224 g/mol. The van der Waals surface area contributed by atoms with Gasteiger partial charge in [-0.25, -0.2) is 0 Å². The molecule has 0 spiro atoms. The van der Waals surface area contributed by atoms with Gasteiger partial charge in [-0.3, -0.25) is 14.4 Å². The summed E-state index contributed by atoms with van der Waals surface area (Å²) in [6.45, 7) is 1.29. The molecule has 1 rings (SSSR count). The third-order valence-electron chi connectivity index (χ3n) is 2.11. The van der Waals surface area contributed by atoms with Gasteiger partial charge in [0.15, 0.2) is 11.5 Å². The molecule has 0 unspecified atom stereocenters. The second-order valence-electron chi connectivity index (χ2n) is 3.47. The lowest BCUT2D eigenvalue weighted by Gasteiger charge is -2.09. The lowest BCUT2D eigenvalue weighted by atomic mass is 10.0. The summed E-state index contributed by atoms with van der Waals surface area (Å²) in [6.07, 6.45) is -0.279. The summed E-state index contributed by atoms with van der Waals surface area (Å²) in [7, 11) is 0. The summed E-state index contributed by atoms with van der Waals surface area (Å²) in [5, 5.41) is 0. The van der Waals surface area contributed by atoms with Gasteiger partial charge in [-0.1, -0.05) is 6.07 Å². The summed E-state index contributed by atoms with van der Waals surface area (Å²) in [5.74, 6) is 3.39. The number of Topliss-reactive ketones (excluding diaryl/α,β-unsaturated/α-hetero) is 2. The number of hydrogen-bond donors (Lipinski definition) is 2. The first kappa shape index (κ1) is 12.9. The van der Waals surface area contributed by atoms with Crippen molar-refractivity contribution < 1.29 is 19.2 Å². The predicted molar refractivity (Wildman–Crippen MR) is 59.4 cm³/mol. The molecule has 1 aromatic rings. The zero-order valence-electron chi connectivity index (χ0n) is 9.23. The lowest BCUT2D eigenvalue weighted by molar-refractivity contribution is -0.116. The van der Waals surface area contributed by atoms with Gasteiger partial charge < -0.3 is 10.6 Å². The first-order valence-electron chi connectivity index (χ1n) is 4.79. The molecule has 6 heteroatoms. The quantitative estimate of drug-likeness (QED) is 0.430. The molecule has 1 aromatic carbocycles. The SMILES string of the molecule is CC(=O)CC(=O)c1cccc(C(N)=O)c1ON. The van der Waals surface area contributed by atoms with Gasteiger partial charge in [0.25, 0.3) is 5.91 Å². The Morgan fingerprint density at radius 1 is 1.24 bits per heavy atom. The third-order valence-corrected chi connectivity index (χ3v) is 2.11. The van der Waals surface area contributed by atoms with Gasteiger partial charge in [-0.15, -0.1) is 0 Å². The summed E-state index contributed by atoms with van der Waals surface area (Å²) in [6, 6.07) is 4.27. The largest absolute Gasteiger partial charge is 0.410 e. The van der Waals surface area contributed by atoms with Gasteiger partial charge in [0.1, 0.15) is 5.78 Å². The van der Waals surface area contributed by atoms with Crippen molar-refractivity contribution >= 4 is 17.5 Å². The molecule has 90 valence electrons. The molecule has 0 saturated carbocycles. The number of carbonyl (C=O) groups excluding carboxylic acids is 3. The van der Waals surface area contributed by atoms with Crippen LogP contribution in [0.1, 0.15) is 34.1 Å². The van der Waals surface area contributed by atoms with E-state index in [-0.39, 0.29) is 29.1 Å². The molecule has 0 fully saturated rings. The van der Waals surface area contributed by atoms with E-state index in [0.717, 1.165) is 0 Å². The van der Waals surface area contributed by atoms with Gasteiger partial charge in [-0.05, 0) is 19.1 Å². The van der Waals surface area contributed by atoms with Crippen LogP contribution in [0, 0.1) is 0 Å². The van der Waals surface area contributed by atoms with Crippen LogP contribution in [-0.4, -0.2) is 17.5 Å². The Morgan fingerprint density at radius 3 is 2.29 bits per heavy atom. The van der Waals surface area contributed by atoms with E-state index < -0.39 is 11.7 Å². The number of primary amides is 1. The number of para-hydroxylation sites is 1. The van der Waals surface area contributed by atoms with Crippen LogP contribution in [0.5, 0.6) is 5.75 Å². The third kappa shape index (κ3) is 2.88. The Hall–Kier alpha value is -2.21. The van der Waals surface area contributed by atoms with Crippen LogP contribution in [0.4, 0.5) is 0 Å². The molecule has 0 aliphatic rings. The average Bonchev–Trinajstić information content (AvgIpc) is 2.26. The van der Waals surface area contributed by atoms with Crippen LogP contribution in [-0.2, 0) is 4.79 Å². The molecule has 0 saturated heterocycles. The number of hydrogen-bond acceptors (Lipinski definition) is 5. The fourth-order valence-electron chi connectivity index (χ4n) is 1.40. The van der Waals surface area contributed by atoms with Gasteiger partial charge in [-0.2, -0.15) is 5.90 Å². The summed E-state index contributed by atoms with van der Waals surface area (Å²) in [5.41, 5.74) is 5.18. The van der Waals surface area contributed by atoms with Crippen molar-refractivity contribution in [2.24, 2.45) is 11.6 Å². The molecule has 0 aliphatic heterocycles. The molecule has 0 heterocycles. The fourth-order valence-corrected chi connectivity index (χ4v) is 1.40. The highest BCUT2D eigenvalue weighted by atomic mass is 16.6. The minimum atomic E-state index is -0.761. The zero-order chi connectivity index (χ0) is 13.0. The van der Waals surface area contributed by atoms with Crippen molar-refractivity contribution in [1.29, 1.82) is 0 Å². The number of nitrogens with two attached hydrogens (primary N) is 2. The Kier molecular flexibility index (Phi) is 3.95. The highest BCUT2D eigenvalue weighted by Gasteiger charge is 2.19. The zero-order valence-corrected chi connectivity index (χ0v) is 9.23. The number of rotatable bonds is 5. The maximum atomic E-state index is 11.7. The summed E-state index contributed by atoms with van der Waals surface area (Å²) >= 11 is 0. The lowest BCUT2D eigenvalue weighted by Crippen LogP contribution is -2.18. The molecule has 1 amide bonds. The smallest absolute Gasteiger partial charge is 0.252 e.